The summed E-state index contributed by atoms with van der Waals surface area (Å²) in [5.74, 6) is 1.35. The Balaban J connectivity index is 1.81. The van der Waals surface area contributed by atoms with Crippen LogP contribution in [-0.4, -0.2) is 17.0 Å². The minimum Gasteiger partial charge on any atom is -0.393 e. The first-order valence-electron chi connectivity index (χ1n) is 11.1. The molecule has 0 aliphatic heterocycles. The van der Waals surface area contributed by atoms with Gasteiger partial charge in [0.1, 0.15) is 5.78 Å². The number of carbonyl (C=O) groups is 1. The Labute approximate surface area is 160 Å². The predicted molar refractivity (Wildman–Crippen MR) is 106 cm³/mol. The first-order chi connectivity index (χ1) is 12.0. The second kappa shape index (κ2) is 5.37. The lowest BCUT2D eigenvalue weighted by Crippen LogP contribution is -2.68. The summed E-state index contributed by atoms with van der Waals surface area (Å²) in [7, 11) is 0. The summed E-state index contributed by atoms with van der Waals surface area (Å²) in [6.07, 6.45) is 10.4. The molecule has 4 fully saturated rings. The van der Waals surface area contributed by atoms with Gasteiger partial charge in [0.15, 0.2) is 0 Å². The summed E-state index contributed by atoms with van der Waals surface area (Å²) in [6, 6.07) is 0. The van der Waals surface area contributed by atoms with Crippen molar-refractivity contribution in [2.24, 2.45) is 38.9 Å². The van der Waals surface area contributed by atoms with E-state index in [1.54, 1.807) is 0 Å². The molecular formula is C24H40O2. The van der Waals surface area contributed by atoms with Crippen LogP contribution in [0, 0.1) is 38.9 Å². The maximum atomic E-state index is 12.5. The predicted octanol–water partition coefficient (Wildman–Crippen LogP) is 5.77. The second-order valence-electron chi connectivity index (χ2n) is 11.7. The van der Waals surface area contributed by atoms with Gasteiger partial charge in [0.05, 0.1) is 6.10 Å². The van der Waals surface area contributed by atoms with Gasteiger partial charge in [0.2, 0.25) is 0 Å². The Hall–Kier alpha value is -0.370. The van der Waals surface area contributed by atoms with Gasteiger partial charge in [-0.15, -0.1) is 0 Å². The van der Waals surface area contributed by atoms with Crippen LogP contribution in [0.25, 0.3) is 0 Å². The molecule has 8 atom stereocenters. The first kappa shape index (κ1) is 19.0. The van der Waals surface area contributed by atoms with E-state index < -0.39 is 0 Å². The van der Waals surface area contributed by atoms with Gasteiger partial charge in [-0.25, -0.2) is 0 Å². The number of carbonyl (C=O) groups excluding carboxylic acids is 1. The number of hydrogen-bond donors (Lipinski definition) is 1. The minimum atomic E-state index is -0.0842. The molecule has 0 amide bonds. The zero-order valence-electron chi connectivity index (χ0n) is 18.0. The lowest BCUT2D eigenvalue weighted by atomic mass is 9.29. The Bertz CT molecular complexity index is 628. The van der Waals surface area contributed by atoms with Crippen LogP contribution in [0.3, 0.4) is 0 Å². The molecule has 26 heavy (non-hydrogen) atoms. The fourth-order valence-corrected chi connectivity index (χ4v) is 9.29. The lowest BCUT2D eigenvalue weighted by Gasteiger charge is -2.75. The summed E-state index contributed by atoms with van der Waals surface area (Å²) >= 11 is 0. The van der Waals surface area contributed by atoms with Crippen LogP contribution in [0.1, 0.15) is 99.3 Å². The van der Waals surface area contributed by atoms with Crippen molar-refractivity contribution < 1.29 is 9.90 Å². The second-order valence-corrected chi connectivity index (χ2v) is 11.7. The molecule has 0 spiro atoms. The molecule has 2 nitrogen and oxygen atoms in total. The van der Waals surface area contributed by atoms with Gasteiger partial charge in [-0.3, -0.25) is 4.79 Å². The van der Waals surface area contributed by atoms with E-state index in [0.29, 0.717) is 22.5 Å². The quantitative estimate of drug-likeness (QED) is 0.645. The lowest BCUT2D eigenvalue weighted by molar-refractivity contribution is -0.265. The zero-order valence-corrected chi connectivity index (χ0v) is 18.0. The van der Waals surface area contributed by atoms with Crippen LogP contribution < -0.4 is 0 Å². The van der Waals surface area contributed by atoms with Crippen LogP contribution >= 0.6 is 0 Å². The minimum absolute atomic E-state index is 0.0842. The molecule has 1 N–H and O–H groups in total. The molecule has 0 radical (unpaired) electrons. The first-order valence-corrected chi connectivity index (χ1v) is 11.1. The van der Waals surface area contributed by atoms with Gasteiger partial charge in [-0.2, -0.15) is 0 Å². The normalized spacial score (nSPS) is 59.3. The van der Waals surface area contributed by atoms with Gasteiger partial charge in [-0.1, -0.05) is 34.6 Å². The van der Waals surface area contributed by atoms with E-state index in [1.807, 2.05) is 6.92 Å². The van der Waals surface area contributed by atoms with Gasteiger partial charge in [0, 0.05) is 5.92 Å². The molecule has 4 aliphatic carbocycles. The molecule has 0 bridgehead atoms. The van der Waals surface area contributed by atoms with Crippen LogP contribution in [0.2, 0.25) is 0 Å². The number of Topliss-reactive ketones (excluding diaryl/α,β-unsaturated/α-hetero) is 1. The summed E-state index contributed by atoms with van der Waals surface area (Å²) in [6.45, 7) is 14.6. The Kier molecular flexibility index (Phi) is 3.91. The largest absolute Gasteiger partial charge is 0.393 e. The van der Waals surface area contributed by atoms with Crippen LogP contribution in [0.15, 0.2) is 0 Å². The van der Waals surface area contributed by atoms with Crippen molar-refractivity contribution in [2.45, 2.75) is 105 Å². The molecule has 2 heteroatoms. The van der Waals surface area contributed by atoms with E-state index in [4.69, 9.17) is 0 Å². The molecule has 0 aromatic heterocycles. The number of aliphatic hydroxyl groups is 1. The summed E-state index contributed by atoms with van der Waals surface area (Å²) in [4.78, 5) is 12.5. The van der Waals surface area contributed by atoms with Crippen molar-refractivity contribution in [1.29, 1.82) is 0 Å². The SMILES string of the molecule is CC(=O)[C@H]1CC[C@@]2(C)[C@]3(C)CC[C@H]4C[C@H](O)CC[C@]4(C)[C@@]3(C)CC[C@]12C. The molecule has 4 rings (SSSR count). The average Bonchev–Trinajstić information content (AvgIpc) is 2.85. The van der Waals surface area contributed by atoms with E-state index >= 15 is 0 Å². The summed E-state index contributed by atoms with van der Waals surface area (Å²) < 4.78 is 0. The van der Waals surface area contributed by atoms with Gasteiger partial charge >= 0.3 is 0 Å². The smallest absolute Gasteiger partial charge is 0.133 e. The number of aliphatic hydroxyl groups excluding tert-OH is 1. The van der Waals surface area contributed by atoms with E-state index in [9.17, 15) is 9.90 Å². The highest BCUT2D eigenvalue weighted by molar-refractivity contribution is 5.79. The van der Waals surface area contributed by atoms with Crippen molar-refractivity contribution in [3.8, 4) is 0 Å². The van der Waals surface area contributed by atoms with Crippen molar-refractivity contribution in [1.82, 2.24) is 0 Å². The summed E-state index contributed by atoms with van der Waals surface area (Å²) in [5.41, 5.74) is 1.32. The monoisotopic (exact) mass is 360 g/mol. The third-order valence-corrected chi connectivity index (χ3v) is 11.7. The zero-order chi connectivity index (χ0) is 19.2. The number of hydrogen-bond acceptors (Lipinski definition) is 2. The van der Waals surface area contributed by atoms with E-state index in [0.717, 1.165) is 19.3 Å². The summed E-state index contributed by atoms with van der Waals surface area (Å²) in [5, 5.41) is 10.3. The van der Waals surface area contributed by atoms with Gasteiger partial charge < -0.3 is 5.11 Å². The van der Waals surface area contributed by atoms with Crippen molar-refractivity contribution in [3.63, 3.8) is 0 Å². The van der Waals surface area contributed by atoms with E-state index in [-0.39, 0.29) is 28.3 Å². The average molecular weight is 361 g/mol. The third-order valence-electron chi connectivity index (χ3n) is 11.7. The van der Waals surface area contributed by atoms with Crippen LogP contribution in [0.5, 0.6) is 0 Å². The van der Waals surface area contributed by atoms with Crippen LogP contribution in [0.4, 0.5) is 0 Å². The molecule has 4 aliphatic rings. The number of fused-ring (bicyclic) bond motifs is 5. The molecule has 0 aromatic rings. The molecule has 148 valence electrons. The fourth-order valence-electron chi connectivity index (χ4n) is 9.29. The van der Waals surface area contributed by atoms with E-state index in [2.05, 4.69) is 34.6 Å². The third kappa shape index (κ3) is 1.86. The number of ketones is 1. The van der Waals surface area contributed by atoms with Crippen molar-refractivity contribution >= 4 is 5.78 Å². The highest BCUT2D eigenvalue weighted by Gasteiger charge is 2.74. The highest BCUT2D eigenvalue weighted by atomic mass is 16.3. The molecule has 0 heterocycles. The Morgan fingerprint density at radius 1 is 0.769 bits per heavy atom. The van der Waals surface area contributed by atoms with Crippen molar-refractivity contribution in [2.75, 3.05) is 0 Å². The molecule has 0 aromatic carbocycles. The standard InChI is InChI=1S/C24H40O2/c1-16(25)19-9-12-22(4)21(19,3)13-14-23(5)20(2)10-8-18(26)15-17(20)7-11-24(22,23)6/h17-19,26H,7-15H2,1-6H3/t17-,18+,19+,20-,21+,22+,23+,24-/m0/s1. The van der Waals surface area contributed by atoms with Gasteiger partial charge in [-0.05, 0) is 97.7 Å². The fraction of sp³-hybridized carbons (Fsp3) is 0.958. The van der Waals surface area contributed by atoms with E-state index in [1.165, 1.54) is 38.5 Å². The topological polar surface area (TPSA) is 37.3 Å². The molecule has 4 saturated carbocycles. The van der Waals surface area contributed by atoms with Crippen molar-refractivity contribution in [3.05, 3.63) is 0 Å². The maximum Gasteiger partial charge on any atom is 0.133 e. The Morgan fingerprint density at radius 2 is 1.38 bits per heavy atom. The number of rotatable bonds is 1. The van der Waals surface area contributed by atoms with Crippen LogP contribution in [-0.2, 0) is 4.79 Å². The Morgan fingerprint density at radius 3 is 2.04 bits per heavy atom. The maximum absolute atomic E-state index is 12.5. The molecular weight excluding hydrogens is 320 g/mol. The molecule has 0 unspecified atom stereocenters. The molecule has 0 saturated heterocycles. The van der Waals surface area contributed by atoms with Gasteiger partial charge in [0.25, 0.3) is 0 Å². The highest BCUT2D eigenvalue weighted by Crippen LogP contribution is 2.81.